The first-order valence-electron chi connectivity index (χ1n) is 6.20. The van der Waals surface area contributed by atoms with Crippen LogP contribution in [0.1, 0.15) is 12.0 Å². The molecule has 1 aromatic rings. The topological polar surface area (TPSA) is 89.8 Å². The minimum absolute atomic E-state index is 0.00607. The van der Waals surface area contributed by atoms with Gasteiger partial charge in [0.1, 0.15) is 12.9 Å². The Labute approximate surface area is 115 Å². The molecule has 0 saturated carbocycles. The minimum atomic E-state index is -0.487. The van der Waals surface area contributed by atoms with Crippen LogP contribution in [0.2, 0.25) is 0 Å². The number of rotatable bonds is 4. The van der Waals surface area contributed by atoms with Gasteiger partial charge in [-0.1, -0.05) is 0 Å². The van der Waals surface area contributed by atoms with E-state index in [2.05, 4.69) is 0 Å². The average Bonchev–Trinajstić information content (AvgIpc) is 2.94. The fraction of sp³-hybridized carbons (Fsp3) is 0.385. The van der Waals surface area contributed by atoms with E-state index in [0.717, 1.165) is 6.29 Å². The van der Waals surface area contributed by atoms with Gasteiger partial charge >= 0.3 is 6.09 Å². The monoisotopic (exact) mass is 278 g/mol. The third kappa shape index (κ3) is 3.31. The molecule has 2 rings (SSSR count). The number of nitro benzene ring substituents is 1. The fourth-order valence-corrected chi connectivity index (χ4v) is 2.01. The van der Waals surface area contributed by atoms with Crippen LogP contribution >= 0.6 is 0 Å². The summed E-state index contributed by atoms with van der Waals surface area (Å²) in [5.74, 6) is -0.109. The number of hydrogen-bond donors (Lipinski definition) is 0. The van der Waals surface area contributed by atoms with Gasteiger partial charge in [-0.25, -0.2) is 4.79 Å². The van der Waals surface area contributed by atoms with Crippen molar-refractivity contribution in [2.24, 2.45) is 5.92 Å². The Morgan fingerprint density at radius 3 is 2.70 bits per heavy atom. The van der Waals surface area contributed by atoms with Gasteiger partial charge in [-0.15, -0.1) is 0 Å². The Hall–Kier alpha value is -2.44. The molecule has 1 amide bonds. The second-order valence-electron chi connectivity index (χ2n) is 4.61. The average molecular weight is 278 g/mol. The predicted octanol–water partition coefficient (Wildman–Crippen LogP) is 1.75. The van der Waals surface area contributed by atoms with E-state index in [0.29, 0.717) is 25.1 Å². The number of amides is 1. The molecule has 1 aliphatic heterocycles. The number of non-ortho nitro benzene ring substituents is 1. The lowest BCUT2D eigenvalue weighted by molar-refractivity contribution is -0.384. The van der Waals surface area contributed by atoms with Crippen molar-refractivity contribution >= 4 is 18.1 Å². The lowest BCUT2D eigenvalue weighted by Gasteiger charge is -2.15. The quantitative estimate of drug-likeness (QED) is 0.475. The summed E-state index contributed by atoms with van der Waals surface area (Å²) in [6.45, 7) is 0.962. The van der Waals surface area contributed by atoms with Crippen molar-refractivity contribution in [1.82, 2.24) is 4.90 Å². The summed E-state index contributed by atoms with van der Waals surface area (Å²) in [7, 11) is 0. The van der Waals surface area contributed by atoms with Gasteiger partial charge in [0.05, 0.1) is 4.92 Å². The molecule has 0 N–H and O–H groups in total. The molecule has 1 saturated heterocycles. The van der Waals surface area contributed by atoms with E-state index < -0.39 is 11.0 Å². The lowest BCUT2D eigenvalue weighted by Crippen LogP contribution is -2.29. The summed E-state index contributed by atoms with van der Waals surface area (Å²) in [4.78, 5) is 33.8. The summed E-state index contributed by atoms with van der Waals surface area (Å²) in [6.07, 6.45) is 1.05. The normalized spacial score (nSPS) is 17.8. The highest BCUT2D eigenvalue weighted by atomic mass is 16.6. The van der Waals surface area contributed by atoms with E-state index >= 15 is 0 Å². The Morgan fingerprint density at radius 1 is 1.45 bits per heavy atom. The van der Waals surface area contributed by atoms with Gasteiger partial charge < -0.3 is 14.4 Å². The molecule has 7 heteroatoms. The Balaban J connectivity index is 1.84. The zero-order valence-corrected chi connectivity index (χ0v) is 10.7. The van der Waals surface area contributed by atoms with E-state index in [9.17, 15) is 19.7 Å². The van der Waals surface area contributed by atoms with Crippen LogP contribution in [0.3, 0.4) is 0 Å². The molecule has 0 spiro atoms. The van der Waals surface area contributed by atoms with Crippen LogP contribution < -0.4 is 0 Å². The predicted molar refractivity (Wildman–Crippen MR) is 69.0 cm³/mol. The van der Waals surface area contributed by atoms with Gasteiger partial charge in [-0.3, -0.25) is 10.1 Å². The number of carbonyl (C=O) groups excluding carboxylic acids is 2. The first kappa shape index (κ1) is 14.0. The van der Waals surface area contributed by atoms with Crippen molar-refractivity contribution in [2.45, 2.75) is 13.0 Å². The van der Waals surface area contributed by atoms with E-state index in [1.54, 1.807) is 12.1 Å². The van der Waals surface area contributed by atoms with E-state index in [4.69, 9.17) is 4.74 Å². The van der Waals surface area contributed by atoms with Crippen LogP contribution in [0.5, 0.6) is 0 Å². The largest absolute Gasteiger partial charge is 0.445 e. The van der Waals surface area contributed by atoms with Gasteiger partial charge in [0.2, 0.25) is 0 Å². The highest BCUT2D eigenvalue weighted by molar-refractivity contribution is 5.69. The SMILES string of the molecule is O=C[C@H]1CCN(C(=O)OCc2ccc([N+](=O)[O-])cc2)C1. The van der Waals surface area contributed by atoms with Crippen LogP contribution in [0.4, 0.5) is 10.5 Å². The van der Waals surface area contributed by atoms with Crippen molar-refractivity contribution in [3.8, 4) is 0 Å². The molecular weight excluding hydrogens is 264 g/mol. The molecule has 1 heterocycles. The maximum Gasteiger partial charge on any atom is 0.410 e. The number of carbonyl (C=O) groups is 2. The van der Waals surface area contributed by atoms with Crippen LogP contribution in [0.15, 0.2) is 24.3 Å². The lowest BCUT2D eigenvalue weighted by atomic mass is 10.1. The minimum Gasteiger partial charge on any atom is -0.445 e. The molecule has 7 nitrogen and oxygen atoms in total. The van der Waals surface area contributed by atoms with Crippen molar-refractivity contribution < 1.29 is 19.2 Å². The molecule has 0 aliphatic carbocycles. The van der Waals surface area contributed by atoms with Crippen LogP contribution in [-0.2, 0) is 16.1 Å². The third-order valence-electron chi connectivity index (χ3n) is 3.18. The zero-order chi connectivity index (χ0) is 14.5. The zero-order valence-electron chi connectivity index (χ0n) is 10.7. The number of likely N-dealkylation sites (tertiary alicyclic amines) is 1. The molecule has 1 fully saturated rings. The molecule has 1 atom stereocenters. The van der Waals surface area contributed by atoms with E-state index in [1.807, 2.05) is 0 Å². The van der Waals surface area contributed by atoms with Crippen molar-refractivity contribution in [1.29, 1.82) is 0 Å². The number of aldehydes is 1. The number of ether oxygens (including phenoxy) is 1. The Morgan fingerprint density at radius 2 is 2.15 bits per heavy atom. The van der Waals surface area contributed by atoms with Gasteiger partial charge in [0.15, 0.2) is 0 Å². The summed E-state index contributed by atoms with van der Waals surface area (Å²) in [6, 6.07) is 5.82. The molecular formula is C13H14N2O5. The second-order valence-corrected chi connectivity index (χ2v) is 4.61. The van der Waals surface area contributed by atoms with Crippen molar-refractivity contribution in [2.75, 3.05) is 13.1 Å². The molecule has 106 valence electrons. The molecule has 1 aliphatic rings. The number of nitro groups is 1. The van der Waals surface area contributed by atoms with Crippen molar-refractivity contribution in [3.63, 3.8) is 0 Å². The smallest absolute Gasteiger partial charge is 0.410 e. The maximum absolute atomic E-state index is 11.7. The number of benzene rings is 1. The summed E-state index contributed by atoms with van der Waals surface area (Å²) in [5, 5.41) is 10.5. The third-order valence-corrected chi connectivity index (χ3v) is 3.18. The molecule has 1 aromatic carbocycles. The Bertz CT molecular complexity index is 514. The molecule has 0 bridgehead atoms. The van der Waals surface area contributed by atoms with Gasteiger partial charge in [-0.2, -0.15) is 0 Å². The van der Waals surface area contributed by atoms with Gasteiger partial charge in [0.25, 0.3) is 5.69 Å². The Kier molecular flexibility index (Phi) is 4.29. The first-order valence-corrected chi connectivity index (χ1v) is 6.20. The molecule has 20 heavy (non-hydrogen) atoms. The molecule has 0 aromatic heterocycles. The maximum atomic E-state index is 11.7. The van der Waals surface area contributed by atoms with Gasteiger partial charge in [-0.05, 0) is 24.1 Å². The van der Waals surface area contributed by atoms with Crippen molar-refractivity contribution in [3.05, 3.63) is 39.9 Å². The van der Waals surface area contributed by atoms with Crippen LogP contribution in [0, 0.1) is 16.0 Å². The standard InChI is InChI=1S/C13H14N2O5/c16-8-11-5-6-14(7-11)13(17)20-9-10-1-3-12(4-2-10)15(18)19/h1-4,8,11H,5-7,9H2/t11-/m0/s1. The highest BCUT2D eigenvalue weighted by Crippen LogP contribution is 2.16. The number of hydrogen-bond acceptors (Lipinski definition) is 5. The van der Waals surface area contributed by atoms with E-state index in [-0.39, 0.29) is 18.2 Å². The summed E-state index contributed by atoms with van der Waals surface area (Å²) < 4.78 is 5.11. The van der Waals surface area contributed by atoms with E-state index in [1.165, 1.54) is 17.0 Å². The fourth-order valence-electron chi connectivity index (χ4n) is 2.01. The molecule has 0 radical (unpaired) electrons. The van der Waals surface area contributed by atoms with Gasteiger partial charge in [0, 0.05) is 31.1 Å². The summed E-state index contributed by atoms with van der Waals surface area (Å²) in [5.41, 5.74) is 0.670. The van der Waals surface area contributed by atoms with Crippen LogP contribution in [0.25, 0.3) is 0 Å². The highest BCUT2D eigenvalue weighted by Gasteiger charge is 2.26. The second kappa shape index (κ2) is 6.14. The first-order chi connectivity index (χ1) is 9.60. The summed E-state index contributed by atoms with van der Waals surface area (Å²) >= 11 is 0. The molecule has 0 unspecified atom stereocenters. The van der Waals surface area contributed by atoms with Crippen LogP contribution in [-0.4, -0.2) is 35.3 Å². The number of nitrogens with zero attached hydrogens (tertiary/aromatic N) is 2.